The third-order valence-corrected chi connectivity index (χ3v) is 7.55. The zero-order valence-electron chi connectivity index (χ0n) is 15.1. The molecule has 0 bridgehead atoms. The van der Waals surface area contributed by atoms with Crippen molar-refractivity contribution in [1.29, 1.82) is 0 Å². The lowest BCUT2D eigenvalue weighted by atomic mass is 10.2. The van der Waals surface area contributed by atoms with Gasteiger partial charge in [-0.25, -0.2) is 8.42 Å². The second kappa shape index (κ2) is 8.22. The van der Waals surface area contributed by atoms with Gasteiger partial charge in [0.15, 0.2) is 9.84 Å². The van der Waals surface area contributed by atoms with Crippen LogP contribution in [-0.2, 0) is 9.84 Å². The molecule has 1 aliphatic heterocycles. The molecule has 144 valence electrons. The topological polar surface area (TPSA) is 81.7 Å². The minimum Gasteiger partial charge on any atom is -0.497 e. The summed E-state index contributed by atoms with van der Waals surface area (Å²) in [6, 6.07) is 12.3. The van der Waals surface area contributed by atoms with Crippen molar-refractivity contribution in [3.63, 3.8) is 0 Å². The highest BCUT2D eigenvalue weighted by Gasteiger charge is 2.29. The number of carbonyl (C=O) groups is 1. The third kappa shape index (κ3) is 4.95. The Morgan fingerprint density at radius 1 is 1.11 bits per heavy atom. The Bertz CT molecular complexity index is 921. The van der Waals surface area contributed by atoms with Crippen LogP contribution in [0.2, 0.25) is 0 Å². The number of ether oxygens (including phenoxy) is 2. The molecular weight excluding hydrogens is 386 g/mol. The maximum absolute atomic E-state index is 12.8. The van der Waals surface area contributed by atoms with Crippen molar-refractivity contribution in [1.82, 2.24) is 0 Å². The Kier molecular flexibility index (Phi) is 5.96. The molecule has 8 heteroatoms. The summed E-state index contributed by atoms with van der Waals surface area (Å²) in [6.45, 7) is 0. The molecule has 1 N–H and O–H groups in total. The maximum atomic E-state index is 12.8. The fourth-order valence-corrected chi connectivity index (χ4v) is 6.49. The molecule has 0 unspecified atom stereocenters. The number of nitrogens with one attached hydrogen (secondary N) is 1. The summed E-state index contributed by atoms with van der Waals surface area (Å²) in [5.41, 5.74) is 1.06. The fourth-order valence-electron chi connectivity index (χ4n) is 2.87. The minimum atomic E-state index is -2.96. The van der Waals surface area contributed by atoms with Crippen LogP contribution in [0.15, 0.2) is 47.4 Å². The van der Waals surface area contributed by atoms with Gasteiger partial charge in [-0.1, -0.05) is 12.1 Å². The van der Waals surface area contributed by atoms with Gasteiger partial charge in [-0.3, -0.25) is 4.79 Å². The molecule has 1 heterocycles. The molecule has 0 aliphatic carbocycles. The first kappa shape index (κ1) is 19.6. The summed E-state index contributed by atoms with van der Waals surface area (Å²) < 4.78 is 33.8. The maximum Gasteiger partial charge on any atom is 0.256 e. The number of anilines is 1. The quantitative estimate of drug-likeness (QED) is 0.792. The molecule has 1 saturated heterocycles. The number of amides is 1. The first-order valence-electron chi connectivity index (χ1n) is 8.41. The molecule has 6 nitrogen and oxygen atoms in total. The van der Waals surface area contributed by atoms with Crippen LogP contribution in [-0.4, -0.2) is 45.3 Å². The number of thioether (sulfide) groups is 1. The number of hydrogen-bond donors (Lipinski definition) is 1. The zero-order valence-corrected chi connectivity index (χ0v) is 16.7. The average molecular weight is 408 g/mol. The molecule has 1 atom stereocenters. The van der Waals surface area contributed by atoms with Crippen LogP contribution in [0.5, 0.6) is 11.5 Å². The highest BCUT2D eigenvalue weighted by Crippen LogP contribution is 2.33. The SMILES string of the molecule is COc1cc(NC(=O)c2ccccc2S[C@H]2CCS(=O)(=O)C2)cc(OC)c1. The predicted molar refractivity (Wildman–Crippen MR) is 107 cm³/mol. The van der Waals surface area contributed by atoms with Crippen LogP contribution >= 0.6 is 11.8 Å². The van der Waals surface area contributed by atoms with E-state index in [0.717, 1.165) is 4.90 Å². The van der Waals surface area contributed by atoms with Gasteiger partial charge < -0.3 is 14.8 Å². The first-order chi connectivity index (χ1) is 12.9. The Hall–Kier alpha value is -2.19. The van der Waals surface area contributed by atoms with E-state index in [0.29, 0.717) is 29.2 Å². The van der Waals surface area contributed by atoms with Crippen LogP contribution in [0.1, 0.15) is 16.8 Å². The lowest BCUT2D eigenvalue weighted by molar-refractivity contribution is 0.102. The molecule has 0 spiro atoms. The highest BCUT2D eigenvalue weighted by atomic mass is 32.2. The predicted octanol–water partition coefficient (Wildman–Crippen LogP) is 3.24. The van der Waals surface area contributed by atoms with Crippen molar-refractivity contribution in [3.8, 4) is 11.5 Å². The second-order valence-electron chi connectivity index (χ2n) is 6.19. The van der Waals surface area contributed by atoms with Gasteiger partial charge >= 0.3 is 0 Å². The van der Waals surface area contributed by atoms with E-state index in [4.69, 9.17) is 9.47 Å². The summed E-state index contributed by atoms with van der Waals surface area (Å²) in [7, 11) is 0.125. The highest BCUT2D eigenvalue weighted by molar-refractivity contribution is 8.02. The number of carbonyl (C=O) groups excluding carboxylic acids is 1. The number of hydrogen-bond acceptors (Lipinski definition) is 6. The molecule has 0 saturated carbocycles. The summed E-state index contributed by atoms with van der Waals surface area (Å²) >= 11 is 1.44. The Morgan fingerprint density at radius 3 is 2.37 bits per heavy atom. The van der Waals surface area contributed by atoms with Crippen molar-refractivity contribution >= 4 is 33.2 Å². The van der Waals surface area contributed by atoms with E-state index >= 15 is 0 Å². The van der Waals surface area contributed by atoms with Crippen molar-refractivity contribution in [3.05, 3.63) is 48.0 Å². The van der Waals surface area contributed by atoms with Gasteiger partial charge in [0.25, 0.3) is 5.91 Å². The molecule has 1 amide bonds. The third-order valence-electron chi connectivity index (χ3n) is 4.23. The molecule has 1 fully saturated rings. The molecular formula is C19H21NO5S2. The van der Waals surface area contributed by atoms with Gasteiger partial charge in [0.2, 0.25) is 0 Å². The van der Waals surface area contributed by atoms with Gasteiger partial charge in [-0.2, -0.15) is 0 Å². The molecule has 2 aromatic carbocycles. The summed E-state index contributed by atoms with van der Waals surface area (Å²) in [5, 5.41) is 2.83. The number of rotatable bonds is 6. The summed E-state index contributed by atoms with van der Waals surface area (Å²) in [6.07, 6.45) is 0.607. The smallest absolute Gasteiger partial charge is 0.256 e. The fraction of sp³-hybridized carbons (Fsp3) is 0.316. The van der Waals surface area contributed by atoms with Crippen molar-refractivity contribution < 1.29 is 22.7 Å². The second-order valence-corrected chi connectivity index (χ2v) is 9.77. The normalized spacial score (nSPS) is 18.1. The van der Waals surface area contributed by atoms with Gasteiger partial charge in [-0.05, 0) is 18.6 Å². The van der Waals surface area contributed by atoms with Crippen molar-refractivity contribution in [2.24, 2.45) is 0 Å². The van der Waals surface area contributed by atoms with Gasteiger partial charge in [0, 0.05) is 34.0 Å². The first-order valence-corrected chi connectivity index (χ1v) is 11.1. The number of methoxy groups -OCH3 is 2. The molecule has 2 aromatic rings. The van der Waals surface area contributed by atoms with Crippen molar-refractivity contribution in [2.75, 3.05) is 31.0 Å². The molecule has 0 radical (unpaired) electrons. The largest absolute Gasteiger partial charge is 0.497 e. The van der Waals surface area contributed by atoms with E-state index in [-0.39, 0.29) is 22.7 Å². The van der Waals surface area contributed by atoms with E-state index in [1.807, 2.05) is 12.1 Å². The Morgan fingerprint density at radius 2 is 1.78 bits per heavy atom. The molecule has 3 rings (SSSR count). The monoisotopic (exact) mass is 407 g/mol. The summed E-state index contributed by atoms with van der Waals surface area (Å²) in [4.78, 5) is 13.6. The molecule has 27 heavy (non-hydrogen) atoms. The van der Waals surface area contributed by atoms with Gasteiger partial charge in [-0.15, -0.1) is 11.8 Å². The van der Waals surface area contributed by atoms with Gasteiger partial charge in [0.05, 0.1) is 31.3 Å². The zero-order chi connectivity index (χ0) is 19.4. The van der Waals surface area contributed by atoms with Crippen LogP contribution < -0.4 is 14.8 Å². The standard InChI is InChI=1S/C19H21NO5S2/c1-24-14-9-13(10-15(11-14)25-2)20-19(21)17-5-3-4-6-18(17)26-16-7-8-27(22,23)12-16/h3-6,9-11,16H,7-8,12H2,1-2H3,(H,20,21)/t16-/m0/s1. The minimum absolute atomic E-state index is 0.0270. The molecule has 1 aliphatic rings. The van der Waals surface area contributed by atoms with E-state index < -0.39 is 9.84 Å². The van der Waals surface area contributed by atoms with E-state index in [9.17, 15) is 13.2 Å². The van der Waals surface area contributed by atoms with Crippen LogP contribution in [0, 0.1) is 0 Å². The van der Waals surface area contributed by atoms with Crippen molar-refractivity contribution in [2.45, 2.75) is 16.6 Å². The lowest BCUT2D eigenvalue weighted by Crippen LogP contribution is -2.14. The Labute approximate surface area is 163 Å². The average Bonchev–Trinajstić information content (AvgIpc) is 3.00. The Balaban J connectivity index is 1.79. The summed E-state index contributed by atoms with van der Waals surface area (Å²) in [5.74, 6) is 1.24. The van der Waals surface area contributed by atoms with Crippen LogP contribution in [0.4, 0.5) is 5.69 Å². The number of sulfone groups is 1. The molecule has 0 aromatic heterocycles. The number of benzene rings is 2. The lowest BCUT2D eigenvalue weighted by Gasteiger charge is -2.14. The van der Waals surface area contributed by atoms with E-state index in [1.165, 1.54) is 11.8 Å². The van der Waals surface area contributed by atoms with E-state index in [1.54, 1.807) is 44.6 Å². The van der Waals surface area contributed by atoms with Gasteiger partial charge in [0.1, 0.15) is 11.5 Å². The van der Waals surface area contributed by atoms with Crippen LogP contribution in [0.3, 0.4) is 0 Å². The van der Waals surface area contributed by atoms with E-state index in [2.05, 4.69) is 5.32 Å². The van der Waals surface area contributed by atoms with Crippen LogP contribution in [0.25, 0.3) is 0 Å².